The van der Waals surface area contributed by atoms with Crippen LogP contribution in [-0.4, -0.2) is 46.2 Å². The molecular weight excluding hydrogens is 487 g/mol. The van der Waals surface area contributed by atoms with Gasteiger partial charge in [0.25, 0.3) is 0 Å². The number of alkyl halides is 6. The quantitative estimate of drug-likeness (QED) is 0.559. The number of amides is 1. The first-order valence-electron chi connectivity index (χ1n) is 10.8. The van der Waals surface area contributed by atoms with Gasteiger partial charge < -0.3 is 14.6 Å². The summed E-state index contributed by atoms with van der Waals surface area (Å²) in [7, 11) is 0. The van der Waals surface area contributed by atoms with Crippen molar-refractivity contribution in [3.8, 4) is 11.3 Å². The van der Waals surface area contributed by atoms with Crippen LogP contribution >= 0.6 is 0 Å². The maximum absolute atomic E-state index is 14.3. The Kier molecular flexibility index (Phi) is 5.44. The van der Waals surface area contributed by atoms with Gasteiger partial charge in [-0.2, -0.15) is 13.2 Å². The van der Waals surface area contributed by atoms with Crippen LogP contribution in [0.3, 0.4) is 0 Å². The number of halogens is 7. The van der Waals surface area contributed by atoms with Crippen molar-refractivity contribution in [3.63, 3.8) is 0 Å². The fraction of sp³-hybridized carbons (Fsp3) is 0.545. The summed E-state index contributed by atoms with van der Waals surface area (Å²) in [6.07, 6.45) is -5.71. The molecule has 4 saturated carbocycles. The molecular formula is C22H20F7N3O3. The first kappa shape index (κ1) is 24.0. The molecule has 4 fully saturated rings. The summed E-state index contributed by atoms with van der Waals surface area (Å²) in [5, 5.41) is 2.90. The lowest BCUT2D eigenvalue weighted by molar-refractivity contribution is -0.357. The smallest absolute Gasteiger partial charge is 0.368 e. The molecule has 190 valence electrons. The molecule has 1 N–H and O–H groups in total. The molecule has 0 spiro atoms. The number of benzene rings is 1. The lowest BCUT2D eigenvalue weighted by Crippen LogP contribution is -2.78. The highest BCUT2D eigenvalue weighted by molar-refractivity contribution is 5.79. The minimum atomic E-state index is -4.69. The Labute approximate surface area is 194 Å². The molecule has 1 amide bonds. The van der Waals surface area contributed by atoms with Gasteiger partial charge in [0.15, 0.2) is 0 Å². The van der Waals surface area contributed by atoms with E-state index < -0.39 is 41.7 Å². The molecule has 0 unspecified atom stereocenters. The number of nitrogens with one attached hydrogen (secondary N) is 1. The molecule has 1 aromatic carbocycles. The fourth-order valence-corrected chi connectivity index (χ4v) is 5.23. The molecule has 0 aliphatic heterocycles. The summed E-state index contributed by atoms with van der Waals surface area (Å²) in [6.45, 7) is -0.263. The predicted octanol–water partition coefficient (Wildman–Crippen LogP) is 4.54. The first-order valence-corrected chi connectivity index (χ1v) is 10.8. The standard InChI is InChI=1S/C22H20F7N3O3/c23-16-3-12(21(24,25)26)1-2-15(16)17-6-32(11-30-17)20-8-19(9-20,10-20)31-18(33)7-34-13-4-14(5-13)35-22(27,28)29/h1-3,6,11,13-14H,4-5,7-10H2,(H,31,33). The van der Waals surface area contributed by atoms with Gasteiger partial charge in [-0.25, -0.2) is 9.37 Å². The number of hydrogen-bond donors (Lipinski definition) is 1. The summed E-state index contributed by atoms with van der Waals surface area (Å²) in [6, 6.07) is 2.29. The maximum Gasteiger partial charge on any atom is 0.522 e. The van der Waals surface area contributed by atoms with Crippen LogP contribution in [-0.2, 0) is 26.0 Å². The number of aromatic nitrogens is 2. The van der Waals surface area contributed by atoms with E-state index in [1.54, 1.807) is 10.8 Å². The second kappa shape index (κ2) is 7.92. The number of ether oxygens (including phenoxy) is 2. The van der Waals surface area contributed by atoms with Gasteiger partial charge >= 0.3 is 12.5 Å². The Bertz CT molecular complexity index is 1120. The van der Waals surface area contributed by atoms with Crippen LogP contribution in [0.1, 0.15) is 37.7 Å². The zero-order valence-electron chi connectivity index (χ0n) is 18.0. The molecule has 0 radical (unpaired) electrons. The largest absolute Gasteiger partial charge is 0.522 e. The normalized spacial score (nSPS) is 29.7. The van der Waals surface area contributed by atoms with E-state index in [1.807, 2.05) is 0 Å². The second-order valence-corrected chi connectivity index (χ2v) is 9.53. The van der Waals surface area contributed by atoms with Gasteiger partial charge in [-0.1, -0.05) is 0 Å². The van der Waals surface area contributed by atoms with Gasteiger partial charge in [0.05, 0.1) is 35.3 Å². The molecule has 6 nitrogen and oxygen atoms in total. The summed E-state index contributed by atoms with van der Waals surface area (Å²) in [5.41, 5.74) is -1.63. The predicted molar refractivity (Wildman–Crippen MR) is 105 cm³/mol. The summed E-state index contributed by atoms with van der Waals surface area (Å²) in [4.78, 5) is 16.4. The molecule has 1 heterocycles. The van der Waals surface area contributed by atoms with E-state index in [0.717, 1.165) is 12.1 Å². The Morgan fingerprint density at radius 1 is 1.11 bits per heavy atom. The van der Waals surface area contributed by atoms with Gasteiger partial charge in [-0.3, -0.25) is 9.53 Å². The maximum atomic E-state index is 14.3. The van der Waals surface area contributed by atoms with Crippen molar-refractivity contribution >= 4 is 5.91 Å². The molecule has 4 aliphatic rings. The van der Waals surface area contributed by atoms with Crippen molar-refractivity contribution < 1.29 is 45.0 Å². The Hall–Kier alpha value is -2.67. The van der Waals surface area contributed by atoms with Crippen molar-refractivity contribution in [2.75, 3.05) is 6.61 Å². The minimum Gasteiger partial charge on any atom is -0.368 e. The average molecular weight is 507 g/mol. The Morgan fingerprint density at radius 3 is 2.40 bits per heavy atom. The fourth-order valence-electron chi connectivity index (χ4n) is 5.23. The topological polar surface area (TPSA) is 65.4 Å². The summed E-state index contributed by atoms with van der Waals surface area (Å²) >= 11 is 0. The molecule has 35 heavy (non-hydrogen) atoms. The SMILES string of the molecule is O=C(COC1CC(OC(F)(F)F)C1)NC12CC(n3cnc(-c4ccc(C(F)(F)F)cc4F)c3)(C1)C2. The monoisotopic (exact) mass is 507 g/mol. The highest BCUT2D eigenvalue weighted by Gasteiger charge is 2.69. The molecule has 0 atom stereocenters. The van der Waals surface area contributed by atoms with Gasteiger partial charge in [0.2, 0.25) is 5.91 Å². The first-order chi connectivity index (χ1) is 16.3. The third-order valence-electron chi connectivity index (χ3n) is 6.91. The van der Waals surface area contributed by atoms with Crippen LogP contribution in [0, 0.1) is 5.82 Å². The third kappa shape index (κ3) is 4.63. The van der Waals surface area contributed by atoms with Crippen LogP contribution in [0.2, 0.25) is 0 Å². The third-order valence-corrected chi connectivity index (χ3v) is 6.91. The molecule has 1 aromatic heterocycles. The van der Waals surface area contributed by atoms with E-state index in [2.05, 4.69) is 15.0 Å². The molecule has 2 aromatic rings. The van der Waals surface area contributed by atoms with E-state index in [9.17, 15) is 35.5 Å². The van der Waals surface area contributed by atoms with Gasteiger partial charge in [-0.05, 0) is 37.5 Å². The zero-order valence-corrected chi connectivity index (χ0v) is 18.0. The van der Waals surface area contributed by atoms with Crippen molar-refractivity contribution in [3.05, 3.63) is 42.1 Å². The van der Waals surface area contributed by atoms with Crippen molar-refractivity contribution in [1.82, 2.24) is 14.9 Å². The number of carbonyl (C=O) groups is 1. The number of nitrogens with zero attached hydrogens (tertiary/aromatic N) is 2. The highest BCUT2D eigenvalue weighted by atomic mass is 19.4. The van der Waals surface area contributed by atoms with Crippen LogP contribution in [0.4, 0.5) is 30.7 Å². The average Bonchev–Trinajstić information content (AvgIpc) is 3.13. The Morgan fingerprint density at radius 2 is 1.80 bits per heavy atom. The van der Waals surface area contributed by atoms with Crippen molar-refractivity contribution in [2.45, 2.75) is 67.9 Å². The summed E-state index contributed by atoms with van der Waals surface area (Å²) < 4.78 is 99.9. The number of hydrogen-bond acceptors (Lipinski definition) is 4. The molecule has 2 bridgehead atoms. The van der Waals surface area contributed by atoms with Crippen LogP contribution in [0.5, 0.6) is 0 Å². The van der Waals surface area contributed by atoms with Crippen molar-refractivity contribution in [2.24, 2.45) is 0 Å². The van der Waals surface area contributed by atoms with Crippen LogP contribution in [0.15, 0.2) is 30.7 Å². The van der Waals surface area contributed by atoms with E-state index >= 15 is 0 Å². The van der Waals surface area contributed by atoms with Gasteiger partial charge in [-0.15, -0.1) is 13.2 Å². The van der Waals surface area contributed by atoms with Crippen LogP contribution in [0.25, 0.3) is 11.3 Å². The molecule has 4 aliphatic carbocycles. The van der Waals surface area contributed by atoms with Crippen LogP contribution < -0.4 is 5.32 Å². The Balaban J connectivity index is 1.10. The van der Waals surface area contributed by atoms with Crippen molar-refractivity contribution in [1.29, 1.82) is 0 Å². The van der Waals surface area contributed by atoms with Gasteiger partial charge in [0.1, 0.15) is 12.4 Å². The second-order valence-electron chi connectivity index (χ2n) is 9.53. The summed E-state index contributed by atoms with van der Waals surface area (Å²) in [5.74, 6) is -1.38. The number of carbonyl (C=O) groups excluding carboxylic acids is 1. The molecule has 0 saturated heterocycles. The number of imidazole rings is 1. The van der Waals surface area contributed by atoms with E-state index in [1.165, 1.54) is 6.33 Å². The lowest BCUT2D eigenvalue weighted by Gasteiger charge is -2.70. The van der Waals surface area contributed by atoms with E-state index in [-0.39, 0.29) is 42.2 Å². The highest BCUT2D eigenvalue weighted by Crippen LogP contribution is 2.65. The van der Waals surface area contributed by atoms with Gasteiger partial charge in [0, 0.05) is 30.1 Å². The van der Waals surface area contributed by atoms with E-state index in [0.29, 0.717) is 25.3 Å². The molecule has 13 heteroatoms. The minimum absolute atomic E-state index is 0.0395. The number of rotatable bonds is 7. The zero-order chi connectivity index (χ0) is 25.2. The van der Waals surface area contributed by atoms with E-state index in [4.69, 9.17) is 4.74 Å². The lowest BCUT2D eigenvalue weighted by atomic mass is 9.44. The molecule has 6 rings (SSSR count).